The summed E-state index contributed by atoms with van der Waals surface area (Å²) in [5.74, 6) is 0.191. The van der Waals surface area contributed by atoms with Crippen molar-refractivity contribution in [3.05, 3.63) is 41.9 Å². The van der Waals surface area contributed by atoms with E-state index in [0.717, 1.165) is 11.3 Å². The van der Waals surface area contributed by atoms with E-state index in [-0.39, 0.29) is 23.8 Å². The first kappa shape index (κ1) is 22.3. The lowest BCUT2D eigenvalue weighted by Gasteiger charge is -2.13. The SMILES string of the molecule is CC(C)CCNC(=O)Cn1c(=O)/c(=C\c2cccs2)s/c1=C\C(=O)C(C)(C)C. The van der Waals surface area contributed by atoms with Gasteiger partial charge in [0.25, 0.3) is 5.56 Å². The Morgan fingerprint density at radius 3 is 2.57 bits per heavy atom. The zero-order chi connectivity index (χ0) is 20.9. The van der Waals surface area contributed by atoms with Crippen LogP contribution in [-0.4, -0.2) is 22.8 Å². The maximum atomic E-state index is 12.9. The molecule has 0 atom stereocenters. The second kappa shape index (κ2) is 9.47. The molecule has 0 radical (unpaired) electrons. The van der Waals surface area contributed by atoms with Gasteiger partial charge in [-0.25, -0.2) is 0 Å². The molecular formula is C21H28N2O3S2. The van der Waals surface area contributed by atoms with Gasteiger partial charge in [0.1, 0.15) is 11.2 Å². The largest absolute Gasteiger partial charge is 0.355 e. The first-order valence-corrected chi connectivity index (χ1v) is 11.1. The Morgan fingerprint density at radius 2 is 2.00 bits per heavy atom. The van der Waals surface area contributed by atoms with E-state index in [1.165, 1.54) is 33.3 Å². The van der Waals surface area contributed by atoms with Crippen molar-refractivity contribution in [1.29, 1.82) is 0 Å². The summed E-state index contributed by atoms with van der Waals surface area (Å²) < 4.78 is 2.43. The Hall–Kier alpha value is -1.99. The zero-order valence-corrected chi connectivity index (χ0v) is 18.7. The predicted molar refractivity (Wildman–Crippen MR) is 117 cm³/mol. The molecule has 5 nitrogen and oxygen atoms in total. The summed E-state index contributed by atoms with van der Waals surface area (Å²) >= 11 is 2.78. The molecule has 0 saturated carbocycles. The molecule has 7 heteroatoms. The van der Waals surface area contributed by atoms with Crippen LogP contribution in [0.25, 0.3) is 12.2 Å². The molecule has 2 aromatic heterocycles. The fourth-order valence-electron chi connectivity index (χ4n) is 2.32. The number of hydrogen-bond donors (Lipinski definition) is 1. The maximum Gasteiger partial charge on any atom is 0.269 e. The number of amides is 1. The number of Topliss-reactive ketones (excluding diaryl/α,β-unsaturated/α-hetero) is 1. The van der Waals surface area contributed by atoms with Gasteiger partial charge >= 0.3 is 0 Å². The minimum absolute atomic E-state index is 0.0783. The molecule has 152 valence electrons. The van der Waals surface area contributed by atoms with Crippen LogP contribution in [0.2, 0.25) is 0 Å². The third-order valence-corrected chi connectivity index (χ3v) is 5.97. The van der Waals surface area contributed by atoms with Crippen LogP contribution in [-0.2, 0) is 16.1 Å². The minimum Gasteiger partial charge on any atom is -0.355 e. The second-order valence-electron chi connectivity index (χ2n) is 8.15. The van der Waals surface area contributed by atoms with Crippen molar-refractivity contribution in [3.8, 4) is 0 Å². The van der Waals surface area contributed by atoms with Crippen molar-refractivity contribution in [1.82, 2.24) is 9.88 Å². The number of carbonyl (C=O) groups is 2. The topological polar surface area (TPSA) is 68.2 Å². The molecular weight excluding hydrogens is 392 g/mol. The van der Waals surface area contributed by atoms with Crippen molar-refractivity contribution >= 4 is 46.5 Å². The normalized spacial score (nSPS) is 13.4. The predicted octanol–water partition coefficient (Wildman–Crippen LogP) is 2.36. The van der Waals surface area contributed by atoms with E-state index >= 15 is 0 Å². The number of nitrogens with one attached hydrogen (secondary N) is 1. The van der Waals surface area contributed by atoms with Crippen LogP contribution in [0.1, 0.15) is 45.9 Å². The summed E-state index contributed by atoms with van der Waals surface area (Å²) in [6.45, 7) is 10.2. The number of ketones is 1. The maximum absolute atomic E-state index is 12.9. The van der Waals surface area contributed by atoms with Gasteiger partial charge in [-0.15, -0.1) is 22.7 Å². The zero-order valence-electron chi connectivity index (χ0n) is 17.1. The highest BCUT2D eigenvalue weighted by Gasteiger charge is 2.20. The number of thiophene rings is 1. The van der Waals surface area contributed by atoms with Crippen molar-refractivity contribution in [2.24, 2.45) is 11.3 Å². The van der Waals surface area contributed by atoms with E-state index in [2.05, 4.69) is 19.2 Å². The average Bonchev–Trinajstić information content (AvgIpc) is 3.18. The Bertz CT molecular complexity index is 990. The van der Waals surface area contributed by atoms with Gasteiger partial charge in [-0.2, -0.15) is 0 Å². The monoisotopic (exact) mass is 420 g/mol. The van der Waals surface area contributed by atoms with E-state index in [4.69, 9.17) is 0 Å². The highest BCUT2D eigenvalue weighted by molar-refractivity contribution is 7.11. The molecule has 2 heterocycles. The Balaban J connectivity index is 2.43. The number of aromatic nitrogens is 1. The molecule has 0 bridgehead atoms. The molecule has 1 N–H and O–H groups in total. The summed E-state index contributed by atoms with van der Waals surface area (Å²) in [6, 6.07) is 3.84. The smallest absolute Gasteiger partial charge is 0.269 e. The van der Waals surface area contributed by atoms with Gasteiger partial charge in [0, 0.05) is 22.9 Å². The van der Waals surface area contributed by atoms with Crippen LogP contribution in [0.5, 0.6) is 0 Å². The molecule has 0 spiro atoms. The molecule has 2 aromatic rings. The molecule has 1 amide bonds. The third kappa shape index (κ3) is 6.27. The molecule has 0 aliphatic rings. The van der Waals surface area contributed by atoms with Gasteiger partial charge < -0.3 is 5.32 Å². The molecule has 0 aliphatic carbocycles. The van der Waals surface area contributed by atoms with Crippen LogP contribution in [0.3, 0.4) is 0 Å². The number of nitrogens with zero attached hydrogens (tertiary/aromatic N) is 1. The van der Waals surface area contributed by atoms with Crippen LogP contribution >= 0.6 is 22.7 Å². The molecule has 0 aliphatic heterocycles. The van der Waals surface area contributed by atoms with Crippen molar-refractivity contribution in [3.63, 3.8) is 0 Å². The first-order valence-electron chi connectivity index (χ1n) is 9.35. The fourth-order valence-corrected chi connectivity index (χ4v) is 4.09. The number of carbonyl (C=O) groups excluding carboxylic acids is 2. The summed E-state index contributed by atoms with van der Waals surface area (Å²) in [4.78, 5) is 38.7. The van der Waals surface area contributed by atoms with Crippen molar-refractivity contribution in [2.45, 2.75) is 47.6 Å². The van der Waals surface area contributed by atoms with E-state index in [9.17, 15) is 14.4 Å². The molecule has 0 saturated heterocycles. The van der Waals surface area contributed by atoms with E-state index < -0.39 is 5.41 Å². The Morgan fingerprint density at radius 1 is 1.29 bits per heavy atom. The minimum atomic E-state index is -0.554. The lowest BCUT2D eigenvalue weighted by atomic mass is 9.91. The summed E-state index contributed by atoms with van der Waals surface area (Å²) in [6.07, 6.45) is 4.17. The molecule has 2 rings (SSSR count). The Labute approximate surface area is 173 Å². The van der Waals surface area contributed by atoms with Crippen LogP contribution < -0.4 is 20.1 Å². The van der Waals surface area contributed by atoms with Gasteiger partial charge in [0.05, 0.1) is 4.53 Å². The second-order valence-corrected chi connectivity index (χ2v) is 10.2. The molecule has 0 unspecified atom stereocenters. The van der Waals surface area contributed by atoms with Gasteiger partial charge in [-0.05, 0) is 29.9 Å². The van der Waals surface area contributed by atoms with E-state index in [1.54, 1.807) is 0 Å². The van der Waals surface area contributed by atoms with Crippen LogP contribution in [0.15, 0.2) is 22.3 Å². The van der Waals surface area contributed by atoms with Gasteiger partial charge in [-0.1, -0.05) is 40.7 Å². The lowest BCUT2D eigenvalue weighted by Crippen LogP contribution is -2.39. The average molecular weight is 421 g/mol. The standard InChI is InChI=1S/C21H28N2O3S2/c1-14(2)8-9-22-18(25)13-23-19(12-17(24)21(3,4)5)28-16(20(23)26)11-15-7-6-10-27-15/h6-7,10-12,14H,8-9,13H2,1-5H3,(H,22,25)/b16-11+,19-12-. The van der Waals surface area contributed by atoms with Gasteiger partial charge in [-0.3, -0.25) is 19.0 Å². The summed E-state index contributed by atoms with van der Waals surface area (Å²) in [5.41, 5.74) is -0.799. The van der Waals surface area contributed by atoms with Gasteiger partial charge in [0.15, 0.2) is 5.78 Å². The molecule has 0 aromatic carbocycles. The quantitative estimate of drug-likeness (QED) is 0.748. The van der Waals surface area contributed by atoms with Crippen LogP contribution in [0, 0.1) is 11.3 Å². The summed E-state index contributed by atoms with van der Waals surface area (Å²) in [7, 11) is 0. The van der Waals surface area contributed by atoms with Crippen molar-refractivity contribution in [2.75, 3.05) is 6.54 Å². The lowest BCUT2D eigenvalue weighted by molar-refractivity contribution is -0.122. The highest BCUT2D eigenvalue weighted by atomic mass is 32.1. The first-order chi connectivity index (χ1) is 13.1. The van der Waals surface area contributed by atoms with Gasteiger partial charge in [0.2, 0.25) is 5.91 Å². The number of rotatable bonds is 7. The van der Waals surface area contributed by atoms with E-state index in [0.29, 0.717) is 21.7 Å². The highest BCUT2D eigenvalue weighted by Crippen LogP contribution is 2.15. The third-order valence-electron chi connectivity index (χ3n) is 4.09. The van der Waals surface area contributed by atoms with Crippen molar-refractivity contribution < 1.29 is 9.59 Å². The molecule has 28 heavy (non-hydrogen) atoms. The molecule has 0 fully saturated rings. The number of hydrogen-bond acceptors (Lipinski definition) is 5. The van der Waals surface area contributed by atoms with Crippen LogP contribution in [0.4, 0.5) is 0 Å². The van der Waals surface area contributed by atoms with E-state index in [1.807, 2.05) is 44.4 Å². The summed E-state index contributed by atoms with van der Waals surface area (Å²) in [5, 5.41) is 4.80. The fraction of sp³-hybridized carbons (Fsp3) is 0.476. The Kier molecular flexibility index (Phi) is 7.55. The number of thiazole rings is 1.